The molecule has 4 N–H and O–H groups in total. The summed E-state index contributed by atoms with van der Waals surface area (Å²) in [6, 6.07) is 4.54. The first-order valence-electron chi connectivity index (χ1n) is 18.8. The minimum atomic E-state index is -1.21. The zero-order chi connectivity index (χ0) is 39.2. The van der Waals surface area contributed by atoms with Gasteiger partial charge in [-0.3, -0.25) is 28.8 Å². The minimum absolute atomic E-state index is 0.0400. The highest BCUT2D eigenvalue weighted by Crippen LogP contribution is 2.65. The van der Waals surface area contributed by atoms with Crippen molar-refractivity contribution in [2.45, 2.75) is 117 Å². The van der Waals surface area contributed by atoms with Crippen LogP contribution < -0.4 is 21.3 Å². The SMILES string of the molecule is CCCC(NC(=O)[C@@H]1C2[C@H](CN1C(=O)[C@@H](NC(=O)OC1CCCCC1)C(C)(C)C)C2(C)C)C(=O)C(=O)NCC(=O)N[C@H](C(=O)N(C)C)c1ccccc1. The Morgan fingerprint density at radius 2 is 1.58 bits per heavy atom. The number of hydrogen-bond acceptors (Lipinski definition) is 8. The van der Waals surface area contributed by atoms with Crippen LogP contribution in [0.3, 0.4) is 0 Å². The maximum Gasteiger partial charge on any atom is 0.408 e. The molecule has 0 spiro atoms. The molecule has 0 bridgehead atoms. The third kappa shape index (κ3) is 9.94. The molecule has 1 aliphatic heterocycles. The molecule has 292 valence electrons. The second-order valence-electron chi connectivity index (χ2n) is 16.5. The van der Waals surface area contributed by atoms with Crippen molar-refractivity contribution in [2.75, 3.05) is 27.2 Å². The zero-order valence-corrected chi connectivity index (χ0v) is 32.5. The fraction of sp³-hybridized carbons (Fsp3) is 0.667. The van der Waals surface area contributed by atoms with Crippen LogP contribution in [-0.2, 0) is 33.5 Å². The smallest absolute Gasteiger partial charge is 0.408 e. The molecular formula is C39H58N6O8. The van der Waals surface area contributed by atoms with Gasteiger partial charge in [-0.05, 0) is 60.3 Å². The molecule has 1 aromatic carbocycles. The molecule has 1 aromatic rings. The number of likely N-dealkylation sites (N-methyl/N-ethyl adjacent to an activating group) is 1. The van der Waals surface area contributed by atoms with Crippen LogP contribution in [0.25, 0.3) is 0 Å². The van der Waals surface area contributed by atoms with E-state index in [9.17, 15) is 33.6 Å². The van der Waals surface area contributed by atoms with E-state index in [0.29, 0.717) is 18.5 Å². The summed E-state index contributed by atoms with van der Waals surface area (Å²) >= 11 is 0. The van der Waals surface area contributed by atoms with Crippen molar-refractivity contribution < 1.29 is 38.3 Å². The number of alkyl carbamates (subject to hydrolysis) is 1. The molecule has 0 aromatic heterocycles. The monoisotopic (exact) mass is 738 g/mol. The number of nitrogens with zero attached hydrogens (tertiary/aromatic N) is 2. The molecule has 2 saturated carbocycles. The molecule has 0 radical (unpaired) electrons. The molecule has 2 unspecified atom stereocenters. The Morgan fingerprint density at radius 1 is 0.943 bits per heavy atom. The third-order valence-corrected chi connectivity index (χ3v) is 10.9. The van der Waals surface area contributed by atoms with E-state index in [2.05, 4.69) is 21.3 Å². The number of ether oxygens (including phenoxy) is 1. The molecule has 4 rings (SSSR count). The van der Waals surface area contributed by atoms with Crippen LogP contribution >= 0.6 is 0 Å². The number of benzene rings is 1. The van der Waals surface area contributed by atoms with E-state index in [1.165, 1.54) is 9.80 Å². The van der Waals surface area contributed by atoms with Crippen LogP contribution in [-0.4, -0.2) is 103 Å². The number of rotatable bonds is 14. The van der Waals surface area contributed by atoms with Gasteiger partial charge in [0.05, 0.1) is 12.6 Å². The molecule has 1 heterocycles. The predicted molar refractivity (Wildman–Crippen MR) is 197 cm³/mol. The quantitative estimate of drug-likeness (QED) is 0.210. The van der Waals surface area contributed by atoms with Crippen molar-refractivity contribution in [1.82, 2.24) is 31.1 Å². The second-order valence-corrected chi connectivity index (χ2v) is 16.5. The summed E-state index contributed by atoms with van der Waals surface area (Å²) in [7, 11) is 3.12. The van der Waals surface area contributed by atoms with Crippen molar-refractivity contribution in [2.24, 2.45) is 22.7 Å². The van der Waals surface area contributed by atoms with Gasteiger partial charge in [-0.2, -0.15) is 0 Å². The fourth-order valence-corrected chi connectivity index (χ4v) is 7.74. The van der Waals surface area contributed by atoms with E-state index < -0.39 is 71.6 Å². The Kier molecular flexibility index (Phi) is 13.3. The van der Waals surface area contributed by atoms with E-state index in [-0.39, 0.29) is 35.7 Å². The molecule has 3 fully saturated rings. The number of fused-ring (bicyclic) bond motifs is 1. The number of nitrogens with one attached hydrogen (secondary N) is 4. The number of piperidine rings is 1. The lowest BCUT2D eigenvalue weighted by Crippen LogP contribution is -2.60. The Labute approximate surface area is 312 Å². The summed E-state index contributed by atoms with van der Waals surface area (Å²) < 4.78 is 5.67. The standard InChI is InChI=1S/C39H58N6O8/c1-9-16-26(31(47)34(49)40-21-27(46)42-29(35(50)44(7)8)23-17-12-10-13-18-23)41-33(48)30-28-25(39(28,5)6)22-45(30)36(51)32(38(2,3)4)43-37(52)53-24-19-14-11-15-20-24/h10,12-13,17-18,24-26,28-30,32H,9,11,14-16,19-22H2,1-8H3,(H,40,49)(H,41,48)(H,42,46)(H,43,52)/t25-,26?,28?,29-,30-,32+/m0/s1. The Morgan fingerprint density at radius 3 is 2.17 bits per heavy atom. The van der Waals surface area contributed by atoms with Crippen molar-refractivity contribution in [3.05, 3.63) is 35.9 Å². The van der Waals surface area contributed by atoms with Crippen LogP contribution in [0.2, 0.25) is 0 Å². The van der Waals surface area contributed by atoms with Crippen molar-refractivity contribution in [1.29, 1.82) is 0 Å². The number of carbonyl (C=O) groups is 7. The van der Waals surface area contributed by atoms with Crippen molar-refractivity contribution in [3.63, 3.8) is 0 Å². The lowest BCUT2D eigenvalue weighted by molar-refractivity contribution is -0.145. The van der Waals surface area contributed by atoms with Crippen LogP contribution in [0.15, 0.2) is 30.3 Å². The molecule has 14 nitrogen and oxygen atoms in total. The largest absolute Gasteiger partial charge is 0.446 e. The average molecular weight is 739 g/mol. The lowest BCUT2D eigenvalue weighted by Gasteiger charge is -2.38. The van der Waals surface area contributed by atoms with E-state index in [0.717, 1.165) is 32.1 Å². The number of likely N-dealkylation sites (tertiary alicyclic amines) is 1. The number of carbonyl (C=O) groups excluding carboxylic acids is 7. The number of amides is 6. The molecule has 6 amide bonds. The molecular weight excluding hydrogens is 680 g/mol. The topological polar surface area (TPSA) is 183 Å². The molecule has 3 aliphatic rings. The third-order valence-electron chi connectivity index (χ3n) is 10.9. The van der Waals surface area contributed by atoms with Gasteiger partial charge < -0.3 is 35.8 Å². The summed E-state index contributed by atoms with van der Waals surface area (Å²) in [4.78, 5) is 96.4. The van der Waals surface area contributed by atoms with Gasteiger partial charge in [0, 0.05) is 20.6 Å². The molecule has 14 heteroatoms. The van der Waals surface area contributed by atoms with Crippen LogP contribution in [0.5, 0.6) is 0 Å². The first-order chi connectivity index (χ1) is 24.9. The van der Waals surface area contributed by atoms with Crippen molar-refractivity contribution >= 4 is 41.4 Å². The average Bonchev–Trinajstić information content (AvgIpc) is 3.41. The Bertz CT molecular complexity index is 1530. The first-order valence-corrected chi connectivity index (χ1v) is 18.8. The molecule has 1 saturated heterocycles. The molecule has 53 heavy (non-hydrogen) atoms. The van der Waals surface area contributed by atoms with E-state index in [1.54, 1.807) is 51.4 Å². The molecule has 2 aliphatic carbocycles. The van der Waals surface area contributed by atoms with Crippen LogP contribution in [0, 0.1) is 22.7 Å². The number of Topliss-reactive ketones (excluding diaryl/α,β-unsaturated/α-hetero) is 1. The maximum atomic E-state index is 14.2. The second kappa shape index (κ2) is 17.1. The lowest BCUT2D eigenvalue weighted by atomic mass is 9.85. The van der Waals surface area contributed by atoms with Crippen molar-refractivity contribution in [3.8, 4) is 0 Å². The minimum Gasteiger partial charge on any atom is -0.446 e. The van der Waals surface area contributed by atoms with Gasteiger partial charge in [0.2, 0.25) is 29.4 Å². The van der Waals surface area contributed by atoms with Gasteiger partial charge in [-0.1, -0.05) is 84.7 Å². The Hall–Kier alpha value is -4.49. The highest BCUT2D eigenvalue weighted by Gasteiger charge is 2.70. The summed E-state index contributed by atoms with van der Waals surface area (Å²) in [5, 5.41) is 10.5. The van der Waals surface area contributed by atoms with E-state index in [4.69, 9.17) is 4.74 Å². The Balaban J connectivity index is 1.43. The van der Waals surface area contributed by atoms with E-state index >= 15 is 0 Å². The normalized spacial score (nSPS) is 22.3. The maximum absolute atomic E-state index is 14.2. The highest BCUT2D eigenvalue weighted by molar-refractivity contribution is 6.38. The predicted octanol–water partition coefficient (Wildman–Crippen LogP) is 2.86. The number of hydrogen-bond donors (Lipinski definition) is 4. The van der Waals surface area contributed by atoms with Crippen LogP contribution in [0.4, 0.5) is 4.79 Å². The van der Waals surface area contributed by atoms with E-state index in [1.807, 2.05) is 34.6 Å². The summed E-state index contributed by atoms with van der Waals surface area (Å²) in [5.41, 5.74) is -0.390. The van der Waals surface area contributed by atoms with Gasteiger partial charge in [-0.15, -0.1) is 0 Å². The van der Waals surface area contributed by atoms with Gasteiger partial charge in [-0.25, -0.2) is 4.79 Å². The summed E-state index contributed by atoms with van der Waals surface area (Å²) in [6.07, 6.45) is 4.37. The van der Waals surface area contributed by atoms with Crippen LogP contribution in [0.1, 0.15) is 98.1 Å². The summed E-state index contributed by atoms with van der Waals surface area (Å²) in [6.45, 7) is 11.1. The highest BCUT2D eigenvalue weighted by atomic mass is 16.6. The summed E-state index contributed by atoms with van der Waals surface area (Å²) in [5.74, 6) is -4.16. The van der Waals surface area contributed by atoms with Gasteiger partial charge >= 0.3 is 6.09 Å². The zero-order valence-electron chi connectivity index (χ0n) is 32.5. The molecule has 6 atom stereocenters. The van der Waals surface area contributed by atoms with Gasteiger partial charge in [0.1, 0.15) is 24.2 Å². The first kappa shape index (κ1) is 41.3. The van der Waals surface area contributed by atoms with Gasteiger partial charge in [0.25, 0.3) is 5.91 Å². The van der Waals surface area contributed by atoms with Gasteiger partial charge in [0.15, 0.2) is 0 Å². The fourth-order valence-electron chi connectivity index (χ4n) is 7.74. The number of ketones is 1.